The molecule has 1 aliphatic rings. The molecular formula is C16H17N3O. The van der Waals surface area contributed by atoms with Gasteiger partial charge in [-0.25, -0.2) is 4.98 Å². The molecule has 4 heteroatoms. The summed E-state index contributed by atoms with van der Waals surface area (Å²) in [6, 6.07) is 9.92. The van der Waals surface area contributed by atoms with E-state index in [1.165, 1.54) is 10.1 Å². The first kappa shape index (κ1) is 12.7. The van der Waals surface area contributed by atoms with E-state index < -0.39 is 0 Å². The molecule has 0 aliphatic heterocycles. The van der Waals surface area contributed by atoms with Crippen LogP contribution in [-0.2, 0) is 7.05 Å². The Hall–Kier alpha value is -2.36. The third kappa shape index (κ3) is 2.13. The first-order valence-corrected chi connectivity index (χ1v) is 6.66. The fourth-order valence-corrected chi connectivity index (χ4v) is 2.57. The molecule has 2 aromatic rings. The Morgan fingerprint density at radius 2 is 2.20 bits per heavy atom. The zero-order valence-electron chi connectivity index (χ0n) is 11.4. The lowest BCUT2D eigenvalue weighted by Gasteiger charge is -2.05. The highest BCUT2D eigenvalue weighted by atomic mass is 16.1. The van der Waals surface area contributed by atoms with Crippen LogP contribution in [0, 0.1) is 0 Å². The van der Waals surface area contributed by atoms with Crippen molar-refractivity contribution in [3.63, 3.8) is 0 Å². The monoisotopic (exact) mass is 267 g/mol. The van der Waals surface area contributed by atoms with Crippen molar-refractivity contribution in [2.75, 3.05) is 5.73 Å². The summed E-state index contributed by atoms with van der Waals surface area (Å²) in [6.45, 7) is 3.79. The third-order valence-corrected chi connectivity index (χ3v) is 3.93. The summed E-state index contributed by atoms with van der Waals surface area (Å²) in [5.74, 6) is 0.998. The molecule has 0 saturated heterocycles. The van der Waals surface area contributed by atoms with Gasteiger partial charge in [-0.05, 0) is 23.5 Å². The van der Waals surface area contributed by atoms with Crippen LogP contribution in [0.4, 0.5) is 5.95 Å². The van der Waals surface area contributed by atoms with Crippen molar-refractivity contribution in [3.05, 3.63) is 64.1 Å². The van der Waals surface area contributed by atoms with Gasteiger partial charge in [0.25, 0.3) is 5.56 Å². The van der Waals surface area contributed by atoms with Crippen LogP contribution >= 0.6 is 0 Å². The first-order chi connectivity index (χ1) is 9.60. The molecule has 1 saturated carbocycles. The van der Waals surface area contributed by atoms with E-state index in [1.54, 1.807) is 13.1 Å². The number of nitrogen functional groups attached to an aromatic ring is 1. The van der Waals surface area contributed by atoms with Crippen molar-refractivity contribution in [3.8, 4) is 0 Å². The predicted molar refractivity (Wildman–Crippen MR) is 80.5 cm³/mol. The van der Waals surface area contributed by atoms with E-state index in [1.807, 2.05) is 18.2 Å². The maximum atomic E-state index is 11.8. The van der Waals surface area contributed by atoms with Gasteiger partial charge < -0.3 is 5.73 Å². The molecule has 2 unspecified atom stereocenters. The van der Waals surface area contributed by atoms with Crippen molar-refractivity contribution in [2.24, 2.45) is 7.05 Å². The van der Waals surface area contributed by atoms with Crippen LogP contribution in [0.2, 0.25) is 0 Å². The summed E-state index contributed by atoms with van der Waals surface area (Å²) in [5, 5.41) is 0. The van der Waals surface area contributed by atoms with E-state index in [2.05, 4.69) is 23.7 Å². The van der Waals surface area contributed by atoms with Crippen LogP contribution in [0.15, 0.2) is 41.7 Å². The molecule has 2 N–H and O–H groups in total. The molecule has 0 spiro atoms. The summed E-state index contributed by atoms with van der Waals surface area (Å²) in [7, 11) is 1.63. The second-order valence-electron chi connectivity index (χ2n) is 5.26. The minimum Gasteiger partial charge on any atom is -0.369 e. The fourth-order valence-electron chi connectivity index (χ4n) is 2.57. The quantitative estimate of drug-likeness (QED) is 0.928. The van der Waals surface area contributed by atoms with Crippen molar-refractivity contribution >= 4 is 12.0 Å². The molecule has 102 valence electrons. The Balaban J connectivity index is 1.89. The van der Waals surface area contributed by atoms with E-state index in [0.717, 1.165) is 17.7 Å². The molecule has 0 radical (unpaired) electrons. The summed E-state index contributed by atoms with van der Waals surface area (Å²) in [5.41, 5.74) is 8.85. The minimum atomic E-state index is -0.0991. The van der Waals surface area contributed by atoms with Gasteiger partial charge in [-0.3, -0.25) is 9.36 Å². The Bertz CT molecular complexity index is 733. The largest absolute Gasteiger partial charge is 0.369 e. The van der Waals surface area contributed by atoms with Crippen molar-refractivity contribution < 1.29 is 0 Å². The number of nitrogens with zero attached hydrogens (tertiary/aromatic N) is 2. The van der Waals surface area contributed by atoms with Crippen LogP contribution in [0.3, 0.4) is 0 Å². The average molecular weight is 267 g/mol. The van der Waals surface area contributed by atoms with Crippen LogP contribution in [0.25, 0.3) is 6.08 Å². The minimum absolute atomic E-state index is 0.0991. The number of aromatic nitrogens is 2. The molecule has 3 rings (SSSR count). The second-order valence-corrected chi connectivity index (χ2v) is 5.26. The summed E-state index contributed by atoms with van der Waals surface area (Å²) in [4.78, 5) is 16.1. The predicted octanol–water partition coefficient (Wildman–Crippen LogP) is 2.28. The first-order valence-electron chi connectivity index (χ1n) is 6.66. The molecule has 1 heterocycles. The van der Waals surface area contributed by atoms with E-state index >= 15 is 0 Å². The molecule has 1 aliphatic carbocycles. The van der Waals surface area contributed by atoms with Crippen LogP contribution in [0.1, 0.15) is 35.1 Å². The van der Waals surface area contributed by atoms with Gasteiger partial charge in [-0.15, -0.1) is 0 Å². The zero-order chi connectivity index (χ0) is 14.3. The maximum Gasteiger partial charge on any atom is 0.254 e. The SMILES string of the molecule is C=Cc1cccc(C2CC2c2cc(=O)n(C)c(N)n2)c1. The topological polar surface area (TPSA) is 60.9 Å². The van der Waals surface area contributed by atoms with Gasteiger partial charge >= 0.3 is 0 Å². The molecule has 1 fully saturated rings. The standard InChI is InChI=1S/C16H17N3O/c1-3-10-5-4-6-11(7-10)12-8-13(12)14-9-15(20)19(2)16(17)18-14/h3-7,9,12-13H,1,8H2,2H3,(H2,17,18). The highest BCUT2D eigenvalue weighted by Gasteiger charge is 2.41. The number of nitrogens with two attached hydrogens (primary N) is 1. The van der Waals surface area contributed by atoms with Gasteiger partial charge in [0.15, 0.2) is 0 Å². The third-order valence-electron chi connectivity index (χ3n) is 3.93. The molecule has 4 nitrogen and oxygen atoms in total. The lowest BCUT2D eigenvalue weighted by Crippen LogP contribution is -2.21. The van der Waals surface area contributed by atoms with Crippen molar-refractivity contribution in [1.82, 2.24) is 9.55 Å². The molecular weight excluding hydrogens is 250 g/mol. The molecule has 2 atom stereocenters. The summed E-state index contributed by atoms with van der Waals surface area (Å²) >= 11 is 0. The van der Waals surface area contributed by atoms with Gasteiger partial charge in [-0.1, -0.05) is 36.9 Å². The molecule has 0 amide bonds. The Morgan fingerprint density at radius 3 is 2.90 bits per heavy atom. The fraction of sp³-hybridized carbons (Fsp3) is 0.250. The van der Waals surface area contributed by atoms with E-state index in [9.17, 15) is 4.79 Å². The second kappa shape index (κ2) is 4.63. The van der Waals surface area contributed by atoms with Gasteiger partial charge in [0.1, 0.15) is 0 Å². The van der Waals surface area contributed by atoms with Crippen LogP contribution in [0.5, 0.6) is 0 Å². The zero-order valence-corrected chi connectivity index (χ0v) is 11.4. The summed E-state index contributed by atoms with van der Waals surface area (Å²) < 4.78 is 1.36. The van der Waals surface area contributed by atoms with Crippen LogP contribution < -0.4 is 11.3 Å². The van der Waals surface area contributed by atoms with Gasteiger partial charge in [0, 0.05) is 19.0 Å². The van der Waals surface area contributed by atoms with Gasteiger partial charge in [-0.2, -0.15) is 0 Å². The lowest BCUT2D eigenvalue weighted by molar-refractivity contribution is 0.813. The van der Waals surface area contributed by atoms with E-state index in [4.69, 9.17) is 5.73 Å². The molecule has 1 aromatic heterocycles. The van der Waals surface area contributed by atoms with Gasteiger partial charge in [0.05, 0.1) is 5.69 Å². The average Bonchev–Trinajstić information content (AvgIpc) is 3.25. The number of rotatable bonds is 3. The number of hydrogen-bond donors (Lipinski definition) is 1. The highest BCUT2D eigenvalue weighted by molar-refractivity contribution is 5.50. The van der Waals surface area contributed by atoms with Crippen molar-refractivity contribution in [2.45, 2.75) is 18.3 Å². The molecule has 1 aromatic carbocycles. The molecule has 20 heavy (non-hydrogen) atoms. The normalized spacial score (nSPS) is 20.6. The highest BCUT2D eigenvalue weighted by Crippen LogP contribution is 2.54. The van der Waals surface area contributed by atoms with E-state index in [0.29, 0.717) is 11.8 Å². The number of anilines is 1. The van der Waals surface area contributed by atoms with Gasteiger partial charge in [0.2, 0.25) is 5.95 Å². The Labute approximate surface area is 117 Å². The van der Waals surface area contributed by atoms with E-state index in [-0.39, 0.29) is 11.5 Å². The maximum absolute atomic E-state index is 11.8. The smallest absolute Gasteiger partial charge is 0.254 e. The Kier molecular flexibility index (Phi) is 2.93. The Morgan fingerprint density at radius 1 is 1.40 bits per heavy atom. The molecule has 0 bridgehead atoms. The summed E-state index contributed by atoms with van der Waals surface area (Å²) in [6.07, 6.45) is 2.86. The number of hydrogen-bond acceptors (Lipinski definition) is 3. The number of benzene rings is 1. The lowest BCUT2D eigenvalue weighted by atomic mass is 10.0. The van der Waals surface area contributed by atoms with Crippen molar-refractivity contribution in [1.29, 1.82) is 0 Å². The van der Waals surface area contributed by atoms with Crippen LogP contribution in [-0.4, -0.2) is 9.55 Å².